The first-order chi connectivity index (χ1) is 12.4. The number of carbonyl (C=O) groups excluding carboxylic acids is 1. The normalized spacial score (nSPS) is 14.0. The molecule has 2 aromatic rings. The lowest BCUT2D eigenvalue weighted by Crippen LogP contribution is -2.14. The Morgan fingerprint density at radius 1 is 1.19 bits per heavy atom. The van der Waals surface area contributed by atoms with E-state index < -0.39 is 17.8 Å². The Hall–Kier alpha value is -2.51. The van der Waals surface area contributed by atoms with Crippen molar-refractivity contribution >= 4 is 5.97 Å². The van der Waals surface area contributed by atoms with Crippen LogP contribution in [0.2, 0.25) is 0 Å². The van der Waals surface area contributed by atoms with E-state index in [9.17, 15) is 18.0 Å². The molecule has 1 aliphatic rings. The first-order valence-electron chi connectivity index (χ1n) is 8.37. The lowest BCUT2D eigenvalue weighted by atomic mass is 9.95. The topological polar surface area (TPSA) is 53.4 Å². The molecule has 1 aromatic carbocycles. The van der Waals surface area contributed by atoms with Gasteiger partial charge in [0, 0.05) is 11.3 Å². The van der Waals surface area contributed by atoms with Crippen molar-refractivity contribution in [3.63, 3.8) is 0 Å². The third kappa shape index (κ3) is 3.84. The van der Waals surface area contributed by atoms with Gasteiger partial charge in [0.15, 0.2) is 5.69 Å². The number of ether oxygens (including phenoxy) is 2. The molecule has 3 rings (SSSR count). The molecule has 0 N–H and O–H groups in total. The number of hydrogen-bond acceptors (Lipinski definition) is 4. The number of rotatable bonds is 5. The summed E-state index contributed by atoms with van der Waals surface area (Å²) in [6.07, 6.45) is -1.79. The average molecular weight is 368 g/mol. The van der Waals surface area contributed by atoms with E-state index in [-0.39, 0.29) is 13.2 Å². The second-order valence-electron chi connectivity index (χ2n) is 6.07. The third-order valence-corrected chi connectivity index (χ3v) is 4.37. The van der Waals surface area contributed by atoms with Crippen LogP contribution in [0.4, 0.5) is 13.2 Å². The van der Waals surface area contributed by atoms with Crippen molar-refractivity contribution < 1.29 is 27.4 Å². The second-order valence-corrected chi connectivity index (χ2v) is 6.07. The fourth-order valence-corrected chi connectivity index (χ4v) is 3.14. The molecule has 140 valence electrons. The Balaban J connectivity index is 1.67. The molecule has 1 heterocycles. The van der Waals surface area contributed by atoms with Gasteiger partial charge in [-0.1, -0.05) is 0 Å². The van der Waals surface area contributed by atoms with E-state index in [0.29, 0.717) is 35.4 Å². The summed E-state index contributed by atoms with van der Waals surface area (Å²) >= 11 is 0. The summed E-state index contributed by atoms with van der Waals surface area (Å²) < 4.78 is 51.1. The lowest BCUT2D eigenvalue weighted by molar-refractivity contribution is -0.142. The van der Waals surface area contributed by atoms with Crippen molar-refractivity contribution in [2.45, 2.75) is 38.4 Å². The Morgan fingerprint density at radius 3 is 2.54 bits per heavy atom. The first kappa shape index (κ1) is 18.3. The SMILES string of the molecule is COC(=O)c1ccc(OCCn2nc(C(F)(F)F)c3c2CCCC3)cc1. The summed E-state index contributed by atoms with van der Waals surface area (Å²) in [6.45, 7) is 0.417. The number of fused-ring (bicyclic) bond motifs is 1. The minimum absolute atomic E-state index is 0.184. The van der Waals surface area contributed by atoms with Crippen LogP contribution in [0.15, 0.2) is 24.3 Å². The highest BCUT2D eigenvalue weighted by Crippen LogP contribution is 2.35. The smallest absolute Gasteiger partial charge is 0.435 e. The van der Waals surface area contributed by atoms with Crippen molar-refractivity contribution in [1.29, 1.82) is 0 Å². The first-order valence-corrected chi connectivity index (χ1v) is 8.37. The van der Waals surface area contributed by atoms with Gasteiger partial charge >= 0.3 is 12.1 Å². The van der Waals surface area contributed by atoms with Crippen LogP contribution in [0.3, 0.4) is 0 Å². The number of methoxy groups -OCH3 is 1. The van der Waals surface area contributed by atoms with E-state index in [0.717, 1.165) is 12.8 Å². The highest BCUT2D eigenvalue weighted by atomic mass is 19.4. The number of halogens is 3. The van der Waals surface area contributed by atoms with Crippen LogP contribution < -0.4 is 4.74 Å². The minimum Gasteiger partial charge on any atom is -0.492 e. The number of esters is 1. The fraction of sp³-hybridized carbons (Fsp3) is 0.444. The van der Waals surface area contributed by atoms with Gasteiger partial charge < -0.3 is 9.47 Å². The van der Waals surface area contributed by atoms with Crippen molar-refractivity contribution in [2.24, 2.45) is 0 Å². The Labute approximate surface area is 148 Å². The van der Waals surface area contributed by atoms with Crippen LogP contribution in [0.1, 0.15) is 40.2 Å². The average Bonchev–Trinajstić information content (AvgIpc) is 3.01. The molecule has 5 nitrogen and oxygen atoms in total. The molecule has 0 atom stereocenters. The molecule has 0 aliphatic heterocycles. The Bertz CT molecular complexity index is 782. The van der Waals surface area contributed by atoms with E-state index >= 15 is 0 Å². The highest BCUT2D eigenvalue weighted by Gasteiger charge is 2.39. The Morgan fingerprint density at radius 2 is 1.88 bits per heavy atom. The molecular weight excluding hydrogens is 349 g/mol. The molecule has 1 aliphatic carbocycles. The molecule has 0 radical (unpaired) electrons. The number of nitrogens with zero attached hydrogens (tertiary/aromatic N) is 2. The molecule has 0 saturated carbocycles. The van der Waals surface area contributed by atoms with Crippen LogP contribution in [-0.2, 0) is 30.3 Å². The summed E-state index contributed by atoms with van der Waals surface area (Å²) in [5.41, 5.74) is 0.616. The monoisotopic (exact) mass is 368 g/mol. The molecule has 0 bridgehead atoms. The van der Waals surface area contributed by atoms with Crippen molar-refractivity contribution in [3.8, 4) is 5.75 Å². The zero-order chi connectivity index (χ0) is 18.7. The van der Waals surface area contributed by atoms with Crippen molar-refractivity contribution in [2.75, 3.05) is 13.7 Å². The van der Waals surface area contributed by atoms with Gasteiger partial charge in [-0.15, -0.1) is 0 Å². The standard InChI is InChI=1S/C18H19F3N2O3/c1-25-17(24)12-6-8-13(9-7-12)26-11-10-23-15-5-3-2-4-14(15)16(22-23)18(19,20)21/h6-9H,2-5,10-11H2,1H3. The van der Waals surface area contributed by atoms with E-state index in [1.807, 2.05) is 0 Å². The number of benzene rings is 1. The van der Waals surface area contributed by atoms with Gasteiger partial charge in [0.25, 0.3) is 0 Å². The maximum Gasteiger partial charge on any atom is 0.435 e. The zero-order valence-electron chi connectivity index (χ0n) is 14.3. The van der Waals surface area contributed by atoms with Gasteiger partial charge in [0.05, 0.1) is 19.2 Å². The minimum atomic E-state index is -4.43. The molecule has 0 saturated heterocycles. The molecule has 8 heteroatoms. The van der Waals surface area contributed by atoms with Gasteiger partial charge in [0.1, 0.15) is 12.4 Å². The van der Waals surface area contributed by atoms with Gasteiger partial charge in [0.2, 0.25) is 0 Å². The summed E-state index contributed by atoms with van der Waals surface area (Å²) in [4.78, 5) is 11.4. The van der Waals surface area contributed by atoms with Crippen LogP contribution in [-0.4, -0.2) is 29.5 Å². The third-order valence-electron chi connectivity index (χ3n) is 4.37. The van der Waals surface area contributed by atoms with Crippen LogP contribution >= 0.6 is 0 Å². The maximum atomic E-state index is 13.2. The molecule has 0 unspecified atom stereocenters. The molecular formula is C18H19F3N2O3. The summed E-state index contributed by atoms with van der Waals surface area (Å²) in [6, 6.07) is 6.37. The Kier molecular flexibility index (Phi) is 5.20. The largest absolute Gasteiger partial charge is 0.492 e. The number of aromatic nitrogens is 2. The van der Waals surface area contributed by atoms with Crippen molar-refractivity contribution in [1.82, 2.24) is 9.78 Å². The second kappa shape index (κ2) is 7.39. The van der Waals surface area contributed by atoms with E-state index in [4.69, 9.17) is 4.74 Å². The van der Waals surface area contributed by atoms with Gasteiger partial charge in [-0.2, -0.15) is 18.3 Å². The summed E-state index contributed by atoms with van der Waals surface area (Å²) in [5.74, 6) is 0.0779. The quantitative estimate of drug-likeness (QED) is 0.756. The number of carbonyl (C=O) groups is 1. The molecule has 0 spiro atoms. The lowest BCUT2D eigenvalue weighted by Gasteiger charge is -2.15. The fourth-order valence-electron chi connectivity index (χ4n) is 3.14. The van der Waals surface area contributed by atoms with Gasteiger partial charge in [-0.05, 0) is 49.9 Å². The van der Waals surface area contributed by atoms with E-state index in [2.05, 4.69) is 9.84 Å². The number of hydrogen-bond donors (Lipinski definition) is 0. The molecule has 1 aromatic heterocycles. The number of alkyl halides is 3. The predicted molar refractivity (Wildman–Crippen MR) is 87.1 cm³/mol. The van der Waals surface area contributed by atoms with Gasteiger partial charge in [-0.25, -0.2) is 4.79 Å². The molecule has 26 heavy (non-hydrogen) atoms. The van der Waals surface area contributed by atoms with E-state index in [1.54, 1.807) is 24.3 Å². The molecule has 0 fully saturated rings. The summed E-state index contributed by atoms with van der Waals surface area (Å²) in [5, 5.41) is 3.79. The van der Waals surface area contributed by atoms with E-state index in [1.165, 1.54) is 11.8 Å². The highest BCUT2D eigenvalue weighted by molar-refractivity contribution is 5.89. The summed E-state index contributed by atoms with van der Waals surface area (Å²) in [7, 11) is 1.30. The van der Waals surface area contributed by atoms with Crippen LogP contribution in [0.25, 0.3) is 0 Å². The zero-order valence-corrected chi connectivity index (χ0v) is 14.3. The molecule has 0 amide bonds. The predicted octanol–water partition coefficient (Wildman–Crippen LogP) is 3.65. The maximum absolute atomic E-state index is 13.2. The van der Waals surface area contributed by atoms with Crippen LogP contribution in [0.5, 0.6) is 5.75 Å². The van der Waals surface area contributed by atoms with Gasteiger partial charge in [-0.3, -0.25) is 4.68 Å². The van der Waals surface area contributed by atoms with Crippen LogP contribution in [0, 0.1) is 0 Å². The van der Waals surface area contributed by atoms with Crippen molar-refractivity contribution in [3.05, 3.63) is 46.8 Å².